The summed E-state index contributed by atoms with van der Waals surface area (Å²) in [4.78, 5) is 11.4. The van der Waals surface area contributed by atoms with Gasteiger partial charge in [-0.1, -0.05) is 17.7 Å². The molecule has 1 N–H and O–H groups in total. The quantitative estimate of drug-likeness (QED) is 0.906. The van der Waals surface area contributed by atoms with E-state index in [0.29, 0.717) is 0 Å². The van der Waals surface area contributed by atoms with Crippen molar-refractivity contribution in [1.82, 2.24) is 15.3 Å². The highest BCUT2D eigenvalue weighted by molar-refractivity contribution is 5.65. The van der Waals surface area contributed by atoms with E-state index in [1.165, 1.54) is 16.7 Å². The molecule has 0 aliphatic carbocycles. The average molecular weight is 268 g/mol. The Hall–Kier alpha value is -1.94. The first kappa shape index (κ1) is 13.1. The van der Waals surface area contributed by atoms with Crippen LogP contribution in [-0.2, 0) is 0 Å². The molecule has 1 aromatic heterocycles. The lowest BCUT2D eigenvalue weighted by Crippen LogP contribution is -2.44. The third kappa shape index (κ3) is 2.65. The van der Waals surface area contributed by atoms with Crippen LogP contribution in [0.4, 0.5) is 5.95 Å². The highest BCUT2D eigenvalue weighted by atomic mass is 15.3. The molecule has 1 aromatic carbocycles. The molecular weight excluding hydrogens is 248 g/mol. The van der Waals surface area contributed by atoms with Crippen molar-refractivity contribution in [3.05, 3.63) is 41.6 Å². The van der Waals surface area contributed by atoms with Gasteiger partial charge < -0.3 is 10.2 Å². The van der Waals surface area contributed by atoms with Crippen LogP contribution in [0.15, 0.2) is 30.5 Å². The summed E-state index contributed by atoms with van der Waals surface area (Å²) in [6.45, 7) is 8.17. The number of hydrogen-bond donors (Lipinski definition) is 1. The minimum absolute atomic E-state index is 0.838. The van der Waals surface area contributed by atoms with Crippen molar-refractivity contribution < 1.29 is 0 Å². The first-order valence-corrected chi connectivity index (χ1v) is 7.10. The van der Waals surface area contributed by atoms with Crippen molar-refractivity contribution in [1.29, 1.82) is 0 Å². The van der Waals surface area contributed by atoms with Gasteiger partial charge in [0, 0.05) is 37.9 Å². The highest BCUT2D eigenvalue weighted by Crippen LogP contribution is 2.24. The lowest BCUT2D eigenvalue weighted by atomic mass is 10.0. The van der Waals surface area contributed by atoms with Gasteiger partial charge in [-0.25, -0.2) is 9.97 Å². The number of rotatable bonds is 2. The lowest BCUT2D eigenvalue weighted by molar-refractivity contribution is 0.580. The maximum atomic E-state index is 4.76. The zero-order valence-corrected chi connectivity index (χ0v) is 12.1. The number of nitrogens with zero attached hydrogens (tertiary/aromatic N) is 3. The van der Waals surface area contributed by atoms with Gasteiger partial charge in [0.1, 0.15) is 0 Å². The van der Waals surface area contributed by atoms with Gasteiger partial charge in [0.15, 0.2) is 0 Å². The minimum Gasteiger partial charge on any atom is -0.338 e. The smallest absolute Gasteiger partial charge is 0.225 e. The number of aryl methyl sites for hydroxylation is 2. The number of nitrogens with one attached hydrogen (secondary N) is 1. The monoisotopic (exact) mass is 268 g/mol. The van der Waals surface area contributed by atoms with Crippen molar-refractivity contribution in [2.24, 2.45) is 0 Å². The molecule has 1 aliphatic heterocycles. The topological polar surface area (TPSA) is 41.1 Å². The van der Waals surface area contributed by atoms with Crippen LogP contribution in [0.1, 0.15) is 11.1 Å². The van der Waals surface area contributed by atoms with Gasteiger partial charge in [-0.05, 0) is 31.5 Å². The molecule has 0 amide bonds. The van der Waals surface area contributed by atoms with E-state index in [-0.39, 0.29) is 0 Å². The second-order valence-corrected chi connectivity index (χ2v) is 5.30. The summed E-state index contributed by atoms with van der Waals surface area (Å²) < 4.78 is 0. The third-order valence-corrected chi connectivity index (χ3v) is 3.71. The summed E-state index contributed by atoms with van der Waals surface area (Å²) >= 11 is 0. The summed E-state index contributed by atoms with van der Waals surface area (Å²) in [5.41, 5.74) is 4.71. The number of anilines is 1. The van der Waals surface area contributed by atoms with Crippen molar-refractivity contribution in [2.45, 2.75) is 13.8 Å². The Morgan fingerprint density at radius 2 is 1.90 bits per heavy atom. The van der Waals surface area contributed by atoms with E-state index in [1.807, 2.05) is 12.3 Å². The fourth-order valence-electron chi connectivity index (χ4n) is 2.53. The van der Waals surface area contributed by atoms with Gasteiger partial charge in [-0.3, -0.25) is 0 Å². The largest absolute Gasteiger partial charge is 0.338 e. The standard InChI is InChI=1S/C16H20N4/c1-12-3-4-13(2)14(11-12)15-5-6-18-16(19-15)20-9-7-17-8-10-20/h3-6,11,17H,7-10H2,1-2H3. The van der Waals surface area contributed by atoms with Crippen LogP contribution in [-0.4, -0.2) is 36.1 Å². The maximum Gasteiger partial charge on any atom is 0.225 e. The summed E-state index contributed by atoms with van der Waals surface area (Å²) in [5.74, 6) is 0.838. The fourth-order valence-corrected chi connectivity index (χ4v) is 2.53. The van der Waals surface area contributed by atoms with Crippen molar-refractivity contribution >= 4 is 5.95 Å². The van der Waals surface area contributed by atoms with Crippen molar-refractivity contribution in [2.75, 3.05) is 31.1 Å². The zero-order chi connectivity index (χ0) is 13.9. The molecule has 1 saturated heterocycles. The molecule has 104 valence electrons. The van der Waals surface area contributed by atoms with Crippen LogP contribution >= 0.6 is 0 Å². The predicted molar refractivity (Wildman–Crippen MR) is 82.0 cm³/mol. The van der Waals surface area contributed by atoms with Crippen LogP contribution in [0.2, 0.25) is 0 Å². The molecule has 0 atom stereocenters. The summed E-state index contributed by atoms with van der Waals surface area (Å²) in [6.07, 6.45) is 1.86. The first-order valence-electron chi connectivity index (χ1n) is 7.10. The normalized spacial score (nSPS) is 15.4. The number of aromatic nitrogens is 2. The second kappa shape index (κ2) is 5.59. The van der Waals surface area contributed by atoms with Gasteiger partial charge in [0.25, 0.3) is 0 Å². The molecule has 1 fully saturated rings. The Labute approximate surface area is 119 Å². The van der Waals surface area contributed by atoms with Gasteiger partial charge >= 0.3 is 0 Å². The Bertz CT molecular complexity index is 603. The summed E-state index contributed by atoms with van der Waals surface area (Å²) in [5, 5.41) is 3.35. The molecule has 4 nitrogen and oxygen atoms in total. The third-order valence-electron chi connectivity index (χ3n) is 3.71. The number of piperazine rings is 1. The molecule has 0 spiro atoms. The Kier molecular flexibility index (Phi) is 3.65. The van der Waals surface area contributed by atoms with Crippen molar-refractivity contribution in [3.63, 3.8) is 0 Å². The van der Waals surface area contributed by atoms with E-state index in [9.17, 15) is 0 Å². The van der Waals surface area contributed by atoms with Crippen LogP contribution in [0.5, 0.6) is 0 Å². The lowest BCUT2D eigenvalue weighted by Gasteiger charge is -2.27. The SMILES string of the molecule is Cc1ccc(C)c(-c2ccnc(N3CCNCC3)n2)c1. The fraction of sp³-hybridized carbons (Fsp3) is 0.375. The summed E-state index contributed by atoms with van der Waals surface area (Å²) in [6, 6.07) is 8.47. The van der Waals surface area contributed by atoms with Crippen LogP contribution in [0.3, 0.4) is 0 Å². The van der Waals surface area contributed by atoms with E-state index in [2.05, 4.69) is 47.2 Å². The van der Waals surface area contributed by atoms with Crippen LogP contribution in [0.25, 0.3) is 11.3 Å². The highest BCUT2D eigenvalue weighted by Gasteiger charge is 2.14. The number of benzene rings is 1. The van der Waals surface area contributed by atoms with Crippen molar-refractivity contribution in [3.8, 4) is 11.3 Å². The molecular formula is C16H20N4. The second-order valence-electron chi connectivity index (χ2n) is 5.30. The molecule has 0 saturated carbocycles. The van der Waals surface area contributed by atoms with Gasteiger partial charge in [0.05, 0.1) is 5.69 Å². The van der Waals surface area contributed by atoms with E-state index in [0.717, 1.165) is 37.8 Å². The number of hydrogen-bond acceptors (Lipinski definition) is 4. The molecule has 20 heavy (non-hydrogen) atoms. The first-order chi connectivity index (χ1) is 9.74. The molecule has 2 heterocycles. The zero-order valence-electron chi connectivity index (χ0n) is 12.1. The predicted octanol–water partition coefficient (Wildman–Crippen LogP) is 2.17. The molecule has 0 bridgehead atoms. The van der Waals surface area contributed by atoms with E-state index < -0.39 is 0 Å². The minimum atomic E-state index is 0.838. The molecule has 0 radical (unpaired) electrons. The van der Waals surface area contributed by atoms with Gasteiger partial charge in [-0.15, -0.1) is 0 Å². The molecule has 3 rings (SSSR count). The Morgan fingerprint density at radius 1 is 1.10 bits per heavy atom. The van der Waals surface area contributed by atoms with Gasteiger partial charge in [-0.2, -0.15) is 0 Å². The summed E-state index contributed by atoms with van der Waals surface area (Å²) in [7, 11) is 0. The maximum absolute atomic E-state index is 4.76. The molecule has 1 aliphatic rings. The Morgan fingerprint density at radius 3 is 2.70 bits per heavy atom. The van der Waals surface area contributed by atoms with Crippen LogP contribution < -0.4 is 10.2 Å². The van der Waals surface area contributed by atoms with Crippen LogP contribution in [0, 0.1) is 13.8 Å². The van der Waals surface area contributed by atoms with E-state index in [1.54, 1.807) is 0 Å². The average Bonchev–Trinajstić information content (AvgIpc) is 2.51. The van der Waals surface area contributed by atoms with Gasteiger partial charge in [0.2, 0.25) is 5.95 Å². The molecule has 4 heteroatoms. The van der Waals surface area contributed by atoms with E-state index >= 15 is 0 Å². The van der Waals surface area contributed by atoms with E-state index in [4.69, 9.17) is 4.98 Å². The molecule has 0 unspecified atom stereocenters. The molecule has 2 aromatic rings. The Balaban J connectivity index is 1.96.